The predicted octanol–water partition coefficient (Wildman–Crippen LogP) is 3.35. The Hall–Kier alpha value is -2.42. The molecule has 4 rings (SSSR count). The molecule has 1 aliphatic heterocycles. The quantitative estimate of drug-likeness (QED) is 0.447. The third-order valence-corrected chi connectivity index (χ3v) is 6.58. The topological polar surface area (TPSA) is 100 Å². The molecule has 3 N–H and O–H groups in total. The van der Waals surface area contributed by atoms with E-state index in [0.29, 0.717) is 37.9 Å². The minimum Gasteiger partial charge on any atom is -0.394 e. The summed E-state index contributed by atoms with van der Waals surface area (Å²) in [5, 5.41) is 14.5. The molecule has 0 bridgehead atoms. The van der Waals surface area contributed by atoms with Crippen molar-refractivity contribution in [3.8, 4) is 0 Å². The third kappa shape index (κ3) is 3.84. The number of aromatic nitrogens is 1. The number of hydrogen-bond donors (Lipinski definition) is 3. The minimum atomic E-state index is -0.861. The van der Waals surface area contributed by atoms with Gasteiger partial charge < -0.3 is 20.3 Å². The van der Waals surface area contributed by atoms with Crippen molar-refractivity contribution in [2.24, 2.45) is 0 Å². The molecule has 10 heteroatoms. The van der Waals surface area contributed by atoms with Gasteiger partial charge in [0.15, 0.2) is 0 Å². The number of hydrogen-bond acceptors (Lipinski definition) is 4. The lowest BCUT2D eigenvalue weighted by molar-refractivity contribution is -0.120. The van der Waals surface area contributed by atoms with E-state index in [-0.39, 0.29) is 33.6 Å². The molecule has 2 heterocycles. The Morgan fingerprint density at radius 2 is 1.94 bits per heavy atom. The van der Waals surface area contributed by atoms with Gasteiger partial charge in [-0.05, 0) is 50.3 Å². The van der Waals surface area contributed by atoms with Crippen LogP contribution in [0.25, 0.3) is 0 Å². The maximum Gasteiger partial charge on any atom is 0.294 e. The summed E-state index contributed by atoms with van der Waals surface area (Å²) in [6, 6.07) is 3.75. The summed E-state index contributed by atoms with van der Waals surface area (Å²) in [4.78, 5) is 38.5. The number of carbonyl (C=O) groups is 3. The lowest BCUT2D eigenvalue weighted by Crippen LogP contribution is -2.57. The second-order valence-corrected chi connectivity index (χ2v) is 8.68. The van der Waals surface area contributed by atoms with E-state index in [9.17, 15) is 23.9 Å². The largest absolute Gasteiger partial charge is 0.394 e. The number of ketones is 1. The molecule has 1 aliphatic carbocycles. The van der Waals surface area contributed by atoms with E-state index in [1.165, 1.54) is 12.1 Å². The monoisotopic (exact) mass is 467 g/mol. The molecule has 0 unspecified atom stereocenters. The standard InChI is InChI=1S/C21H20Cl2FN3O4/c22-12-9-11(4-5-13(12)24)25-19(30)15-14-3-1-8-27(14)17(16(15)23)18(29)20(31)26-21(10-28)6-2-7-21/h4-5,9,28H,1-3,6-8,10H2,(H,25,30)(H,26,31). The van der Waals surface area contributed by atoms with Crippen LogP contribution in [0.2, 0.25) is 10.0 Å². The molecule has 1 fully saturated rings. The summed E-state index contributed by atoms with van der Waals surface area (Å²) in [5.41, 5.74) is 0.123. The van der Waals surface area contributed by atoms with Crippen LogP contribution in [-0.2, 0) is 17.8 Å². The zero-order chi connectivity index (χ0) is 22.3. The fourth-order valence-electron chi connectivity index (χ4n) is 4.10. The summed E-state index contributed by atoms with van der Waals surface area (Å²) < 4.78 is 15.0. The van der Waals surface area contributed by atoms with Crippen molar-refractivity contribution in [3.63, 3.8) is 0 Å². The molecule has 1 aromatic heterocycles. The molecular weight excluding hydrogens is 448 g/mol. The Morgan fingerprint density at radius 1 is 1.19 bits per heavy atom. The number of Topliss-reactive ketones (excluding diaryl/α,β-unsaturated/α-hetero) is 1. The molecule has 2 aromatic rings. The van der Waals surface area contributed by atoms with Gasteiger partial charge in [0.1, 0.15) is 11.5 Å². The second-order valence-electron chi connectivity index (χ2n) is 7.90. The number of amides is 2. The van der Waals surface area contributed by atoms with E-state index in [1.807, 2.05) is 0 Å². The van der Waals surface area contributed by atoms with Crippen LogP contribution in [0.3, 0.4) is 0 Å². The number of aliphatic hydroxyl groups excluding tert-OH is 1. The van der Waals surface area contributed by atoms with Crippen molar-refractivity contribution in [1.29, 1.82) is 0 Å². The molecule has 7 nitrogen and oxygen atoms in total. The number of rotatable bonds is 6. The highest BCUT2D eigenvalue weighted by molar-refractivity contribution is 6.48. The maximum atomic E-state index is 13.4. The average molecular weight is 468 g/mol. The molecule has 2 aliphatic rings. The second kappa shape index (κ2) is 8.26. The lowest BCUT2D eigenvalue weighted by atomic mass is 9.77. The molecule has 0 saturated heterocycles. The van der Waals surface area contributed by atoms with Crippen LogP contribution in [0.1, 0.15) is 52.2 Å². The molecule has 1 aromatic carbocycles. The fourth-order valence-corrected chi connectivity index (χ4v) is 4.66. The Balaban J connectivity index is 1.63. The minimum absolute atomic E-state index is 0.0404. The SMILES string of the molecule is O=C(NC1(CO)CCC1)C(=O)c1c(Cl)c(C(=O)Nc2ccc(F)c(Cl)c2)c2n1CCC2. The number of carbonyl (C=O) groups excluding carboxylic acids is 3. The number of aliphatic hydroxyl groups is 1. The first-order valence-electron chi connectivity index (χ1n) is 9.91. The van der Waals surface area contributed by atoms with Gasteiger partial charge in [0.05, 0.1) is 27.8 Å². The Labute approximate surface area is 187 Å². The first-order valence-corrected chi connectivity index (χ1v) is 10.7. The van der Waals surface area contributed by atoms with E-state index in [1.54, 1.807) is 4.57 Å². The summed E-state index contributed by atoms with van der Waals surface area (Å²) >= 11 is 12.2. The van der Waals surface area contributed by atoms with Crippen LogP contribution in [0.5, 0.6) is 0 Å². The molecule has 1 saturated carbocycles. The van der Waals surface area contributed by atoms with Crippen molar-refractivity contribution in [2.45, 2.75) is 44.2 Å². The van der Waals surface area contributed by atoms with Gasteiger partial charge in [0, 0.05) is 17.9 Å². The average Bonchev–Trinajstić information content (AvgIpc) is 3.26. The van der Waals surface area contributed by atoms with Crippen molar-refractivity contribution < 1.29 is 23.9 Å². The summed E-state index contributed by atoms with van der Waals surface area (Å²) in [5.74, 6) is -2.91. The number of nitrogens with one attached hydrogen (secondary N) is 2. The number of fused-ring (bicyclic) bond motifs is 1. The molecular formula is C21H20Cl2FN3O4. The summed E-state index contributed by atoms with van der Waals surface area (Å²) in [6.07, 6.45) is 3.25. The van der Waals surface area contributed by atoms with Gasteiger partial charge >= 0.3 is 0 Å². The van der Waals surface area contributed by atoms with Gasteiger partial charge in [0.25, 0.3) is 17.6 Å². The Kier molecular flexibility index (Phi) is 5.81. The van der Waals surface area contributed by atoms with Gasteiger partial charge in [0.2, 0.25) is 0 Å². The molecule has 0 radical (unpaired) electrons. The first kappa shape index (κ1) is 21.8. The highest BCUT2D eigenvalue weighted by atomic mass is 35.5. The van der Waals surface area contributed by atoms with Crippen LogP contribution < -0.4 is 10.6 Å². The molecule has 0 atom stereocenters. The van der Waals surface area contributed by atoms with Crippen LogP contribution in [-0.4, -0.2) is 39.4 Å². The summed E-state index contributed by atoms with van der Waals surface area (Å²) in [6.45, 7) is 0.199. The Bertz CT molecular complexity index is 1090. The number of nitrogens with zero attached hydrogens (tertiary/aromatic N) is 1. The Morgan fingerprint density at radius 3 is 2.55 bits per heavy atom. The molecule has 31 heavy (non-hydrogen) atoms. The van der Waals surface area contributed by atoms with E-state index in [2.05, 4.69) is 10.6 Å². The van der Waals surface area contributed by atoms with E-state index in [0.717, 1.165) is 12.5 Å². The fraction of sp³-hybridized carbons (Fsp3) is 0.381. The van der Waals surface area contributed by atoms with E-state index < -0.39 is 29.0 Å². The number of halogens is 3. The predicted molar refractivity (Wildman–Crippen MR) is 113 cm³/mol. The van der Waals surface area contributed by atoms with Gasteiger partial charge in [-0.3, -0.25) is 14.4 Å². The number of benzene rings is 1. The van der Waals surface area contributed by atoms with Gasteiger partial charge in [-0.2, -0.15) is 0 Å². The smallest absolute Gasteiger partial charge is 0.294 e. The highest BCUT2D eigenvalue weighted by Gasteiger charge is 2.41. The molecule has 0 spiro atoms. The van der Waals surface area contributed by atoms with Gasteiger partial charge in [-0.25, -0.2) is 4.39 Å². The highest BCUT2D eigenvalue weighted by Crippen LogP contribution is 2.35. The molecule has 164 valence electrons. The van der Waals surface area contributed by atoms with Crippen molar-refractivity contribution in [3.05, 3.63) is 51.0 Å². The molecule has 2 amide bonds. The van der Waals surface area contributed by atoms with Crippen molar-refractivity contribution in [1.82, 2.24) is 9.88 Å². The maximum absolute atomic E-state index is 13.4. The van der Waals surface area contributed by atoms with E-state index in [4.69, 9.17) is 23.2 Å². The third-order valence-electron chi connectivity index (χ3n) is 5.92. The lowest BCUT2D eigenvalue weighted by Gasteiger charge is -2.40. The van der Waals surface area contributed by atoms with Crippen molar-refractivity contribution >= 4 is 46.5 Å². The van der Waals surface area contributed by atoms with Gasteiger partial charge in [-0.15, -0.1) is 0 Å². The van der Waals surface area contributed by atoms with Crippen LogP contribution in [0.15, 0.2) is 18.2 Å². The van der Waals surface area contributed by atoms with Crippen LogP contribution >= 0.6 is 23.2 Å². The van der Waals surface area contributed by atoms with Crippen LogP contribution in [0.4, 0.5) is 10.1 Å². The van der Waals surface area contributed by atoms with E-state index >= 15 is 0 Å². The van der Waals surface area contributed by atoms with Crippen LogP contribution in [0, 0.1) is 5.82 Å². The first-order chi connectivity index (χ1) is 14.8. The number of anilines is 1. The normalized spacial score (nSPS) is 16.4. The van der Waals surface area contributed by atoms with Crippen molar-refractivity contribution in [2.75, 3.05) is 11.9 Å². The zero-order valence-corrected chi connectivity index (χ0v) is 17.9. The zero-order valence-electron chi connectivity index (χ0n) is 16.4. The van der Waals surface area contributed by atoms with Gasteiger partial charge in [-0.1, -0.05) is 23.2 Å². The summed E-state index contributed by atoms with van der Waals surface area (Å²) in [7, 11) is 0.